The summed E-state index contributed by atoms with van der Waals surface area (Å²) < 4.78 is 9.56. The van der Waals surface area contributed by atoms with Gasteiger partial charge in [-0.2, -0.15) is 0 Å². The minimum Gasteiger partial charge on any atom is -0.469 e. The topological polar surface area (TPSA) is 47.6 Å². The highest BCUT2D eigenvalue weighted by Crippen LogP contribution is 2.25. The molecular weight excluding hydrogens is 298 g/mol. The summed E-state index contributed by atoms with van der Waals surface area (Å²) >= 11 is 7.83. The first kappa shape index (κ1) is 17.3. The van der Waals surface area contributed by atoms with E-state index in [2.05, 4.69) is 10.1 Å². The molecule has 0 radical (unpaired) electrons. The second kappa shape index (κ2) is 10.0. The molecule has 112 valence electrons. The Morgan fingerprint density at radius 1 is 1.40 bits per heavy atom. The number of esters is 1. The third-order valence-corrected chi connectivity index (χ3v) is 3.97. The van der Waals surface area contributed by atoms with E-state index < -0.39 is 0 Å². The molecule has 1 aromatic carbocycles. The number of ether oxygens (including phenoxy) is 2. The molecule has 0 saturated carbocycles. The van der Waals surface area contributed by atoms with Crippen molar-refractivity contribution in [3.8, 4) is 0 Å². The van der Waals surface area contributed by atoms with Crippen molar-refractivity contribution < 1.29 is 14.3 Å². The summed E-state index contributed by atoms with van der Waals surface area (Å²) in [4.78, 5) is 12.1. The number of methoxy groups -OCH3 is 2. The molecule has 0 fully saturated rings. The summed E-state index contributed by atoms with van der Waals surface area (Å²) in [6.45, 7) is 2.19. The zero-order chi connectivity index (χ0) is 14.8. The number of nitrogens with one attached hydrogen (secondary N) is 1. The standard InChI is InChI=1S/C14H20ClNO3S/c1-18-7-6-16-10-11-3-4-12(9-13(11)15)20-8-5-14(17)19-2/h3-4,9,16H,5-8,10H2,1-2H3. The number of hydrogen-bond acceptors (Lipinski definition) is 5. The lowest BCUT2D eigenvalue weighted by Crippen LogP contribution is -2.18. The van der Waals surface area contributed by atoms with Crippen LogP contribution in [0.1, 0.15) is 12.0 Å². The Bertz CT molecular complexity index is 429. The van der Waals surface area contributed by atoms with Crippen LogP contribution < -0.4 is 5.32 Å². The Morgan fingerprint density at radius 3 is 2.85 bits per heavy atom. The van der Waals surface area contributed by atoms with Gasteiger partial charge in [0.05, 0.1) is 20.1 Å². The Balaban J connectivity index is 2.40. The Kier molecular flexibility index (Phi) is 8.69. The summed E-state index contributed by atoms with van der Waals surface area (Å²) in [5.74, 6) is 0.497. The van der Waals surface area contributed by atoms with Crippen LogP contribution in [0.3, 0.4) is 0 Å². The van der Waals surface area contributed by atoms with E-state index >= 15 is 0 Å². The fraction of sp³-hybridized carbons (Fsp3) is 0.500. The molecule has 0 aliphatic carbocycles. The molecule has 0 heterocycles. The van der Waals surface area contributed by atoms with Gasteiger partial charge in [-0.05, 0) is 17.7 Å². The lowest BCUT2D eigenvalue weighted by Gasteiger charge is -2.08. The van der Waals surface area contributed by atoms with E-state index in [-0.39, 0.29) is 5.97 Å². The number of benzene rings is 1. The molecule has 20 heavy (non-hydrogen) atoms. The molecule has 0 aliphatic heterocycles. The maximum absolute atomic E-state index is 11.0. The molecule has 4 nitrogen and oxygen atoms in total. The number of halogens is 1. The van der Waals surface area contributed by atoms with Crippen LogP contribution in [-0.2, 0) is 20.8 Å². The number of rotatable bonds is 9. The van der Waals surface area contributed by atoms with E-state index in [1.165, 1.54) is 7.11 Å². The summed E-state index contributed by atoms with van der Waals surface area (Å²) in [6.07, 6.45) is 0.402. The number of thioether (sulfide) groups is 1. The normalized spacial score (nSPS) is 10.6. The zero-order valence-electron chi connectivity index (χ0n) is 11.8. The molecule has 0 unspecified atom stereocenters. The largest absolute Gasteiger partial charge is 0.469 e. The van der Waals surface area contributed by atoms with E-state index in [4.69, 9.17) is 16.3 Å². The molecule has 0 amide bonds. The van der Waals surface area contributed by atoms with Crippen LogP contribution in [0, 0.1) is 0 Å². The van der Waals surface area contributed by atoms with E-state index in [9.17, 15) is 4.79 Å². The highest BCUT2D eigenvalue weighted by Gasteiger charge is 2.04. The first-order valence-electron chi connectivity index (χ1n) is 6.35. The Morgan fingerprint density at radius 2 is 2.20 bits per heavy atom. The summed E-state index contributed by atoms with van der Waals surface area (Å²) in [7, 11) is 3.07. The van der Waals surface area contributed by atoms with Crippen molar-refractivity contribution in [1.82, 2.24) is 5.32 Å². The van der Waals surface area contributed by atoms with Crippen LogP contribution in [0.4, 0.5) is 0 Å². The Labute approximate surface area is 129 Å². The van der Waals surface area contributed by atoms with Crippen LogP contribution in [0.5, 0.6) is 0 Å². The summed E-state index contributed by atoms with van der Waals surface area (Å²) in [5, 5.41) is 3.99. The van der Waals surface area contributed by atoms with E-state index in [1.54, 1.807) is 18.9 Å². The number of hydrogen-bond donors (Lipinski definition) is 1. The van der Waals surface area contributed by atoms with Gasteiger partial charge in [-0.1, -0.05) is 17.7 Å². The van der Waals surface area contributed by atoms with Gasteiger partial charge in [0.15, 0.2) is 0 Å². The van der Waals surface area contributed by atoms with Gasteiger partial charge >= 0.3 is 5.97 Å². The van der Waals surface area contributed by atoms with Crippen LogP contribution in [0.2, 0.25) is 5.02 Å². The van der Waals surface area contributed by atoms with Gasteiger partial charge in [0.25, 0.3) is 0 Å². The fourth-order valence-electron chi connectivity index (χ4n) is 1.51. The minimum atomic E-state index is -0.192. The third-order valence-electron chi connectivity index (χ3n) is 2.63. The van der Waals surface area contributed by atoms with Crippen LogP contribution in [0.15, 0.2) is 23.1 Å². The SMILES string of the molecule is COCCNCc1ccc(SCCC(=O)OC)cc1Cl. The van der Waals surface area contributed by atoms with E-state index in [0.717, 1.165) is 28.6 Å². The molecule has 6 heteroatoms. The monoisotopic (exact) mass is 317 g/mol. The van der Waals surface area contributed by atoms with Gasteiger partial charge in [-0.3, -0.25) is 4.79 Å². The minimum absolute atomic E-state index is 0.192. The second-order valence-electron chi connectivity index (χ2n) is 4.10. The zero-order valence-corrected chi connectivity index (χ0v) is 13.4. The lowest BCUT2D eigenvalue weighted by molar-refractivity contribution is -0.140. The van der Waals surface area contributed by atoms with Crippen molar-refractivity contribution in [3.05, 3.63) is 28.8 Å². The van der Waals surface area contributed by atoms with Gasteiger partial charge in [0.2, 0.25) is 0 Å². The average molecular weight is 318 g/mol. The molecule has 1 N–H and O–H groups in total. The van der Waals surface area contributed by atoms with Gasteiger partial charge in [-0.25, -0.2) is 0 Å². The summed E-state index contributed by atoms with van der Waals surface area (Å²) in [6, 6.07) is 5.95. The molecule has 1 aromatic rings. The molecular formula is C14H20ClNO3S. The van der Waals surface area contributed by atoms with Crippen molar-refractivity contribution >= 4 is 29.3 Å². The molecule has 0 aromatic heterocycles. The maximum Gasteiger partial charge on any atom is 0.306 e. The number of carbonyl (C=O) groups is 1. The molecule has 0 atom stereocenters. The third kappa shape index (κ3) is 6.61. The fourth-order valence-corrected chi connectivity index (χ4v) is 2.69. The highest BCUT2D eigenvalue weighted by molar-refractivity contribution is 7.99. The van der Waals surface area contributed by atoms with Gasteiger partial charge in [-0.15, -0.1) is 11.8 Å². The van der Waals surface area contributed by atoms with E-state index in [0.29, 0.717) is 18.8 Å². The van der Waals surface area contributed by atoms with Crippen molar-refractivity contribution in [1.29, 1.82) is 0 Å². The van der Waals surface area contributed by atoms with Crippen molar-refractivity contribution in [2.45, 2.75) is 17.9 Å². The van der Waals surface area contributed by atoms with Crippen LogP contribution >= 0.6 is 23.4 Å². The van der Waals surface area contributed by atoms with Crippen LogP contribution in [0.25, 0.3) is 0 Å². The van der Waals surface area contributed by atoms with Gasteiger partial charge in [0, 0.05) is 35.9 Å². The molecule has 1 rings (SSSR count). The van der Waals surface area contributed by atoms with E-state index in [1.807, 2.05) is 18.2 Å². The smallest absolute Gasteiger partial charge is 0.306 e. The average Bonchev–Trinajstić information content (AvgIpc) is 2.45. The maximum atomic E-state index is 11.0. The van der Waals surface area contributed by atoms with Gasteiger partial charge < -0.3 is 14.8 Å². The summed E-state index contributed by atoms with van der Waals surface area (Å²) in [5.41, 5.74) is 1.06. The highest BCUT2D eigenvalue weighted by atomic mass is 35.5. The van der Waals surface area contributed by atoms with Crippen molar-refractivity contribution in [2.24, 2.45) is 0 Å². The van der Waals surface area contributed by atoms with Gasteiger partial charge in [0.1, 0.15) is 0 Å². The first-order chi connectivity index (χ1) is 9.67. The predicted molar refractivity (Wildman–Crippen MR) is 82.4 cm³/mol. The Hall–Kier alpha value is -0.750. The molecule has 0 saturated heterocycles. The molecule has 0 spiro atoms. The predicted octanol–water partition coefficient (Wildman–Crippen LogP) is 2.73. The first-order valence-corrected chi connectivity index (χ1v) is 7.71. The molecule has 0 bridgehead atoms. The number of carbonyl (C=O) groups excluding carboxylic acids is 1. The molecule has 0 aliphatic rings. The van der Waals surface area contributed by atoms with Crippen molar-refractivity contribution in [2.75, 3.05) is 33.1 Å². The lowest BCUT2D eigenvalue weighted by atomic mass is 10.2. The second-order valence-corrected chi connectivity index (χ2v) is 5.67. The van der Waals surface area contributed by atoms with Crippen molar-refractivity contribution in [3.63, 3.8) is 0 Å². The van der Waals surface area contributed by atoms with Crippen LogP contribution in [-0.4, -0.2) is 39.1 Å². The quantitative estimate of drug-likeness (QED) is 0.431.